The van der Waals surface area contributed by atoms with Crippen molar-refractivity contribution in [2.75, 3.05) is 17.4 Å². The summed E-state index contributed by atoms with van der Waals surface area (Å²) in [6.45, 7) is 6.04. The van der Waals surface area contributed by atoms with E-state index in [0.717, 1.165) is 22.6 Å². The van der Waals surface area contributed by atoms with Gasteiger partial charge in [-0.1, -0.05) is 34.8 Å². The van der Waals surface area contributed by atoms with Crippen LogP contribution in [-0.4, -0.2) is 18.8 Å². The standard InChI is InChI=1S/C18H20Cl3N3/c1-11(2)24(18-10-14(20)5-7-16(18)21)23-12(3)15-9-13(19)6-8-17(15)22-4/h5-11,22H,1-4H3/b23-12-. The van der Waals surface area contributed by atoms with E-state index in [1.54, 1.807) is 12.1 Å². The Morgan fingerprint density at radius 3 is 2.29 bits per heavy atom. The fraction of sp³-hybridized carbons (Fsp3) is 0.278. The first-order valence-electron chi connectivity index (χ1n) is 7.60. The largest absolute Gasteiger partial charge is 0.388 e. The van der Waals surface area contributed by atoms with E-state index in [9.17, 15) is 0 Å². The Labute approximate surface area is 158 Å². The summed E-state index contributed by atoms with van der Waals surface area (Å²) in [6.07, 6.45) is 0. The maximum absolute atomic E-state index is 6.35. The molecular formula is C18H20Cl3N3. The van der Waals surface area contributed by atoms with Gasteiger partial charge in [-0.2, -0.15) is 5.10 Å². The van der Waals surface area contributed by atoms with Crippen molar-refractivity contribution in [3.05, 3.63) is 57.0 Å². The summed E-state index contributed by atoms with van der Waals surface area (Å²) < 4.78 is 0. The number of nitrogens with one attached hydrogen (secondary N) is 1. The first kappa shape index (κ1) is 18.9. The molecule has 3 nitrogen and oxygen atoms in total. The molecule has 0 aliphatic heterocycles. The van der Waals surface area contributed by atoms with Gasteiger partial charge in [0.15, 0.2) is 0 Å². The molecule has 2 aromatic carbocycles. The van der Waals surface area contributed by atoms with Gasteiger partial charge in [0.25, 0.3) is 0 Å². The Hall–Kier alpha value is -1.42. The number of rotatable bonds is 5. The summed E-state index contributed by atoms with van der Waals surface area (Å²) in [7, 11) is 1.87. The molecule has 0 aliphatic carbocycles. The lowest BCUT2D eigenvalue weighted by Crippen LogP contribution is -2.27. The van der Waals surface area contributed by atoms with E-state index in [1.807, 2.05) is 57.1 Å². The molecule has 2 rings (SSSR count). The minimum absolute atomic E-state index is 0.105. The van der Waals surface area contributed by atoms with Gasteiger partial charge in [-0.15, -0.1) is 0 Å². The van der Waals surface area contributed by atoms with Crippen molar-refractivity contribution in [2.45, 2.75) is 26.8 Å². The Morgan fingerprint density at radius 1 is 1.04 bits per heavy atom. The van der Waals surface area contributed by atoms with E-state index in [2.05, 4.69) is 5.32 Å². The van der Waals surface area contributed by atoms with Crippen LogP contribution in [0.15, 0.2) is 41.5 Å². The van der Waals surface area contributed by atoms with Crippen LogP contribution in [0.1, 0.15) is 26.3 Å². The Balaban J connectivity index is 2.52. The van der Waals surface area contributed by atoms with Crippen molar-refractivity contribution < 1.29 is 0 Å². The quantitative estimate of drug-likeness (QED) is 0.482. The third-order valence-electron chi connectivity index (χ3n) is 3.54. The molecule has 0 amide bonds. The van der Waals surface area contributed by atoms with Crippen molar-refractivity contribution in [3.8, 4) is 0 Å². The number of benzene rings is 2. The first-order valence-corrected chi connectivity index (χ1v) is 8.74. The van der Waals surface area contributed by atoms with Crippen LogP contribution >= 0.6 is 34.8 Å². The molecule has 0 saturated heterocycles. The van der Waals surface area contributed by atoms with E-state index in [4.69, 9.17) is 39.9 Å². The molecule has 0 fully saturated rings. The zero-order chi connectivity index (χ0) is 17.9. The minimum atomic E-state index is 0.105. The van der Waals surface area contributed by atoms with Crippen molar-refractivity contribution in [1.29, 1.82) is 0 Å². The van der Waals surface area contributed by atoms with Crippen LogP contribution in [0.4, 0.5) is 11.4 Å². The van der Waals surface area contributed by atoms with Crippen LogP contribution in [0.2, 0.25) is 15.1 Å². The Bertz CT molecular complexity index is 757. The molecule has 0 radical (unpaired) electrons. The molecule has 0 spiro atoms. The maximum atomic E-state index is 6.35. The SMILES string of the molecule is CNc1ccc(Cl)cc1/C(C)=N\N(c1cc(Cl)ccc1Cl)C(C)C. The Morgan fingerprint density at radius 2 is 1.67 bits per heavy atom. The van der Waals surface area contributed by atoms with Crippen LogP contribution in [0.25, 0.3) is 0 Å². The normalized spacial score (nSPS) is 11.8. The summed E-state index contributed by atoms with van der Waals surface area (Å²) in [5.41, 5.74) is 3.49. The van der Waals surface area contributed by atoms with Gasteiger partial charge < -0.3 is 5.32 Å². The number of nitrogens with zero attached hydrogens (tertiary/aromatic N) is 2. The second-order valence-electron chi connectivity index (χ2n) is 5.66. The zero-order valence-electron chi connectivity index (χ0n) is 14.1. The van der Waals surface area contributed by atoms with E-state index >= 15 is 0 Å². The molecular weight excluding hydrogens is 365 g/mol. The monoisotopic (exact) mass is 383 g/mol. The van der Waals surface area contributed by atoms with Crippen molar-refractivity contribution in [1.82, 2.24) is 0 Å². The summed E-state index contributed by atoms with van der Waals surface area (Å²) >= 11 is 18.6. The van der Waals surface area contributed by atoms with Gasteiger partial charge >= 0.3 is 0 Å². The lowest BCUT2D eigenvalue weighted by Gasteiger charge is -2.26. The van der Waals surface area contributed by atoms with Crippen LogP contribution in [0, 0.1) is 0 Å². The molecule has 0 aliphatic rings. The topological polar surface area (TPSA) is 27.6 Å². The maximum Gasteiger partial charge on any atom is 0.0798 e. The minimum Gasteiger partial charge on any atom is -0.388 e. The molecule has 0 unspecified atom stereocenters. The third kappa shape index (κ3) is 4.35. The molecule has 0 atom stereocenters. The smallest absolute Gasteiger partial charge is 0.0798 e. The molecule has 24 heavy (non-hydrogen) atoms. The van der Waals surface area contributed by atoms with E-state index in [1.165, 1.54) is 0 Å². The summed E-state index contributed by atoms with van der Waals surface area (Å²) in [4.78, 5) is 0. The van der Waals surface area contributed by atoms with E-state index < -0.39 is 0 Å². The molecule has 0 bridgehead atoms. The van der Waals surface area contributed by atoms with Crippen molar-refractivity contribution in [2.24, 2.45) is 5.10 Å². The lowest BCUT2D eigenvalue weighted by atomic mass is 10.1. The first-order chi connectivity index (χ1) is 11.3. The Kier molecular flexibility index (Phi) is 6.39. The summed E-state index contributed by atoms with van der Waals surface area (Å²) in [5, 5.41) is 11.7. The van der Waals surface area contributed by atoms with Gasteiger partial charge in [-0.25, -0.2) is 0 Å². The molecule has 0 aromatic heterocycles. The van der Waals surface area contributed by atoms with Gasteiger partial charge in [-0.05, 0) is 57.2 Å². The second-order valence-corrected chi connectivity index (χ2v) is 6.94. The average Bonchev–Trinajstić information content (AvgIpc) is 2.54. The fourth-order valence-corrected chi connectivity index (χ4v) is 2.90. The van der Waals surface area contributed by atoms with Gasteiger partial charge in [0.1, 0.15) is 0 Å². The van der Waals surface area contributed by atoms with Crippen molar-refractivity contribution >= 4 is 51.9 Å². The highest BCUT2D eigenvalue weighted by Gasteiger charge is 2.16. The fourth-order valence-electron chi connectivity index (χ4n) is 2.36. The van der Waals surface area contributed by atoms with E-state index in [-0.39, 0.29) is 6.04 Å². The predicted molar refractivity (Wildman–Crippen MR) is 107 cm³/mol. The van der Waals surface area contributed by atoms with Gasteiger partial charge in [-0.3, -0.25) is 5.01 Å². The van der Waals surface area contributed by atoms with Gasteiger partial charge in [0.2, 0.25) is 0 Å². The van der Waals surface area contributed by atoms with Gasteiger partial charge in [0.05, 0.1) is 16.4 Å². The second kappa shape index (κ2) is 8.11. The summed E-state index contributed by atoms with van der Waals surface area (Å²) in [6, 6.07) is 11.1. The molecule has 128 valence electrons. The van der Waals surface area contributed by atoms with Gasteiger partial charge in [0, 0.05) is 34.4 Å². The third-order valence-corrected chi connectivity index (χ3v) is 4.33. The predicted octanol–water partition coefficient (Wildman–Crippen LogP) is 6.33. The molecule has 0 heterocycles. The highest BCUT2D eigenvalue weighted by atomic mass is 35.5. The lowest BCUT2D eigenvalue weighted by molar-refractivity contribution is 0.713. The number of halogens is 3. The van der Waals surface area contributed by atoms with Crippen LogP contribution < -0.4 is 10.3 Å². The molecule has 2 aromatic rings. The number of hydrogen-bond donors (Lipinski definition) is 1. The number of hydrazone groups is 1. The number of hydrogen-bond acceptors (Lipinski definition) is 3. The zero-order valence-corrected chi connectivity index (χ0v) is 16.3. The molecule has 1 N–H and O–H groups in total. The van der Waals surface area contributed by atoms with E-state index in [0.29, 0.717) is 15.1 Å². The average molecular weight is 385 g/mol. The summed E-state index contributed by atoms with van der Waals surface area (Å²) in [5.74, 6) is 0. The van der Waals surface area contributed by atoms with Crippen LogP contribution in [0.3, 0.4) is 0 Å². The molecule has 0 saturated carbocycles. The van der Waals surface area contributed by atoms with Crippen LogP contribution in [0.5, 0.6) is 0 Å². The molecule has 6 heteroatoms. The van der Waals surface area contributed by atoms with Crippen molar-refractivity contribution in [3.63, 3.8) is 0 Å². The highest BCUT2D eigenvalue weighted by molar-refractivity contribution is 6.35. The van der Waals surface area contributed by atoms with Crippen LogP contribution in [-0.2, 0) is 0 Å². The highest BCUT2D eigenvalue weighted by Crippen LogP contribution is 2.31. The number of anilines is 2.